The van der Waals surface area contributed by atoms with Crippen LogP contribution in [0.4, 0.5) is 5.69 Å². The van der Waals surface area contributed by atoms with Gasteiger partial charge in [0.05, 0.1) is 7.11 Å². The summed E-state index contributed by atoms with van der Waals surface area (Å²) in [5.41, 5.74) is 3.73. The summed E-state index contributed by atoms with van der Waals surface area (Å²) in [6.07, 6.45) is 3.09. The van der Waals surface area contributed by atoms with E-state index in [0.717, 1.165) is 28.1 Å². The van der Waals surface area contributed by atoms with Gasteiger partial charge in [0.2, 0.25) is 11.8 Å². The van der Waals surface area contributed by atoms with E-state index in [1.165, 1.54) is 6.08 Å². The first kappa shape index (κ1) is 19.2. The topological polar surface area (TPSA) is 67.4 Å². The molecule has 26 heavy (non-hydrogen) atoms. The molecule has 0 aliphatic heterocycles. The molecule has 0 aliphatic rings. The Morgan fingerprint density at radius 2 is 1.77 bits per heavy atom. The smallest absolute Gasteiger partial charge is 0.246 e. The first-order valence-corrected chi connectivity index (χ1v) is 8.40. The van der Waals surface area contributed by atoms with Crippen LogP contribution in [0.1, 0.15) is 23.6 Å². The molecule has 0 spiro atoms. The van der Waals surface area contributed by atoms with Crippen molar-refractivity contribution in [2.75, 3.05) is 12.4 Å². The van der Waals surface area contributed by atoms with E-state index in [1.807, 2.05) is 56.3 Å². The van der Waals surface area contributed by atoms with Gasteiger partial charge in [-0.1, -0.05) is 29.8 Å². The highest BCUT2D eigenvalue weighted by atomic mass is 16.5. The molecule has 136 valence electrons. The molecule has 0 saturated heterocycles. The van der Waals surface area contributed by atoms with Crippen LogP contribution in [0.15, 0.2) is 48.5 Å². The fourth-order valence-corrected chi connectivity index (χ4v) is 2.41. The van der Waals surface area contributed by atoms with E-state index in [0.29, 0.717) is 0 Å². The lowest BCUT2D eigenvalue weighted by molar-refractivity contribution is -0.123. The molecule has 0 aromatic heterocycles. The number of ether oxygens (including phenoxy) is 1. The van der Waals surface area contributed by atoms with Gasteiger partial charge in [-0.05, 0) is 56.2 Å². The number of rotatable bonds is 6. The van der Waals surface area contributed by atoms with Gasteiger partial charge >= 0.3 is 0 Å². The van der Waals surface area contributed by atoms with Crippen molar-refractivity contribution in [3.8, 4) is 5.75 Å². The molecule has 0 radical (unpaired) electrons. The largest absolute Gasteiger partial charge is 0.497 e. The predicted molar refractivity (Wildman–Crippen MR) is 104 cm³/mol. The minimum atomic E-state index is -0.649. The number of methoxy groups -OCH3 is 1. The van der Waals surface area contributed by atoms with Crippen LogP contribution in [0.25, 0.3) is 6.08 Å². The summed E-state index contributed by atoms with van der Waals surface area (Å²) in [6, 6.07) is 12.5. The van der Waals surface area contributed by atoms with Gasteiger partial charge in [0.1, 0.15) is 11.8 Å². The molecule has 2 N–H and O–H groups in total. The SMILES string of the molecule is COc1ccc(/C=C/C(=O)NC(C)C(=O)Nc2ccc(C)cc2C)cc1. The Hall–Kier alpha value is -3.08. The van der Waals surface area contributed by atoms with E-state index in [4.69, 9.17) is 4.74 Å². The van der Waals surface area contributed by atoms with Crippen LogP contribution >= 0.6 is 0 Å². The number of carbonyl (C=O) groups is 2. The molecule has 5 nitrogen and oxygen atoms in total. The maximum atomic E-state index is 12.3. The van der Waals surface area contributed by atoms with E-state index >= 15 is 0 Å². The van der Waals surface area contributed by atoms with Crippen molar-refractivity contribution in [1.82, 2.24) is 5.32 Å². The number of carbonyl (C=O) groups excluding carboxylic acids is 2. The van der Waals surface area contributed by atoms with Gasteiger partial charge in [-0.15, -0.1) is 0 Å². The quantitative estimate of drug-likeness (QED) is 0.782. The lowest BCUT2D eigenvalue weighted by atomic mass is 10.1. The Kier molecular flexibility index (Phi) is 6.55. The molecule has 2 amide bonds. The van der Waals surface area contributed by atoms with E-state index < -0.39 is 6.04 Å². The summed E-state index contributed by atoms with van der Waals surface area (Å²) in [4.78, 5) is 24.3. The maximum Gasteiger partial charge on any atom is 0.246 e. The molecule has 0 aliphatic carbocycles. The second-order valence-corrected chi connectivity index (χ2v) is 6.14. The van der Waals surface area contributed by atoms with Crippen LogP contribution in [0.5, 0.6) is 5.75 Å². The standard InChI is InChI=1S/C21H24N2O3/c1-14-5-11-19(15(2)13-14)23-21(25)16(3)22-20(24)12-8-17-6-9-18(26-4)10-7-17/h5-13,16H,1-4H3,(H,22,24)(H,23,25)/b12-8+. The van der Waals surface area contributed by atoms with Crippen LogP contribution in [0.3, 0.4) is 0 Å². The summed E-state index contributed by atoms with van der Waals surface area (Å²) in [5, 5.41) is 5.50. The number of anilines is 1. The van der Waals surface area contributed by atoms with Crippen LogP contribution in [-0.4, -0.2) is 25.0 Å². The second kappa shape index (κ2) is 8.85. The summed E-state index contributed by atoms with van der Waals surface area (Å²) in [5.74, 6) is 0.163. The molecule has 2 aromatic carbocycles. The first-order chi connectivity index (χ1) is 12.4. The number of hydrogen-bond acceptors (Lipinski definition) is 3. The lowest BCUT2D eigenvalue weighted by Gasteiger charge is -2.14. The van der Waals surface area contributed by atoms with Crippen molar-refractivity contribution < 1.29 is 14.3 Å². The normalized spacial score (nSPS) is 11.8. The Balaban J connectivity index is 1.90. The molecule has 1 atom stereocenters. The van der Waals surface area contributed by atoms with E-state index in [-0.39, 0.29) is 11.8 Å². The average molecular weight is 352 g/mol. The summed E-state index contributed by atoms with van der Waals surface area (Å²) in [6.45, 7) is 5.58. The molecule has 0 fully saturated rings. The zero-order valence-corrected chi connectivity index (χ0v) is 15.5. The van der Waals surface area contributed by atoms with Crippen LogP contribution in [-0.2, 0) is 9.59 Å². The average Bonchev–Trinajstić information content (AvgIpc) is 2.62. The summed E-state index contributed by atoms with van der Waals surface area (Å²) < 4.78 is 5.09. The summed E-state index contributed by atoms with van der Waals surface area (Å²) in [7, 11) is 1.60. The van der Waals surface area contributed by atoms with Crippen molar-refractivity contribution in [2.45, 2.75) is 26.8 Å². The third-order valence-electron chi connectivity index (χ3n) is 3.93. The molecular weight excluding hydrogens is 328 g/mol. The number of hydrogen-bond donors (Lipinski definition) is 2. The zero-order chi connectivity index (χ0) is 19.1. The summed E-state index contributed by atoms with van der Waals surface area (Å²) >= 11 is 0. The van der Waals surface area contributed by atoms with Crippen molar-refractivity contribution in [1.29, 1.82) is 0 Å². The minimum Gasteiger partial charge on any atom is -0.497 e. The van der Waals surface area contributed by atoms with E-state index in [9.17, 15) is 9.59 Å². The van der Waals surface area contributed by atoms with Crippen molar-refractivity contribution >= 4 is 23.6 Å². The van der Waals surface area contributed by atoms with Crippen LogP contribution < -0.4 is 15.4 Å². The van der Waals surface area contributed by atoms with Gasteiger partial charge in [0.15, 0.2) is 0 Å². The van der Waals surface area contributed by atoms with E-state index in [2.05, 4.69) is 10.6 Å². The van der Waals surface area contributed by atoms with Crippen molar-refractivity contribution in [3.05, 3.63) is 65.2 Å². The van der Waals surface area contributed by atoms with Crippen LogP contribution in [0.2, 0.25) is 0 Å². The van der Waals surface area contributed by atoms with Crippen molar-refractivity contribution in [3.63, 3.8) is 0 Å². The third kappa shape index (κ3) is 5.48. The Labute approximate surface area is 154 Å². The third-order valence-corrected chi connectivity index (χ3v) is 3.93. The molecule has 1 unspecified atom stereocenters. The Morgan fingerprint density at radius 3 is 2.38 bits per heavy atom. The minimum absolute atomic E-state index is 0.261. The fraction of sp³-hybridized carbons (Fsp3) is 0.238. The molecule has 2 aromatic rings. The van der Waals surface area contributed by atoms with Gasteiger partial charge in [-0.3, -0.25) is 9.59 Å². The highest BCUT2D eigenvalue weighted by molar-refractivity contribution is 6.00. The number of amides is 2. The van der Waals surface area contributed by atoms with Crippen molar-refractivity contribution in [2.24, 2.45) is 0 Å². The first-order valence-electron chi connectivity index (χ1n) is 8.40. The maximum absolute atomic E-state index is 12.3. The number of benzene rings is 2. The Bertz CT molecular complexity index is 811. The Morgan fingerprint density at radius 1 is 1.08 bits per heavy atom. The van der Waals surface area contributed by atoms with Gasteiger partial charge in [-0.2, -0.15) is 0 Å². The molecule has 0 saturated carbocycles. The van der Waals surface area contributed by atoms with Gasteiger partial charge < -0.3 is 15.4 Å². The van der Waals surface area contributed by atoms with Gasteiger partial charge in [0, 0.05) is 11.8 Å². The molecule has 2 rings (SSSR count). The second-order valence-electron chi connectivity index (χ2n) is 6.14. The van der Waals surface area contributed by atoms with Crippen LogP contribution in [0, 0.1) is 13.8 Å². The highest BCUT2D eigenvalue weighted by Crippen LogP contribution is 2.16. The molecular formula is C21H24N2O3. The highest BCUT2D eigenvalue weighted by Gasteiger charge is 2.15. The van der Waals surface area contributed by atoms with E-state index in [1.54, 1.807) is 20.1 Å². The number of nitrogens with one attached hydrogen (secondary N) is 2. The number of aryl methyl sites for hydroxylation is 2. The monoisotopic (exact) mass is 352 g/mol. The molecule has 0 heterocycles. The lowest BCUT2D eigenvalue weighted by Crippen LogP contribution is -2.41. The molecule has 0 bridgehead atoms. The zero-order valence-electron chi connectivity index (χ0n) is 15.5. The molecule has 5 heteroatoms. The fourth-order valence-electron chi connectivity index (χ4n) is 2.41. The van der Waals surface area contributed by atoms with Gasteiger partial charge in [0.25, 0.3) is 0 Å². The predicted octanol–water partition coefficient (Wildman–Crippen LogP) is 3.47. The van der Waals surface area contributed by atoms with Gasteiger partial charge in [-0.25, -0.2) is 0 Å².